The molecule has 0 bridgehead atoms. The fourth-order valence-corrected chi connectivity index (χ4v) is 0. The van der Waals surface area contributed by atoms with Crippen LogP contribution in [0.5, 0.6) is 0 Å². The van der Waals surface area contributed by atoms with Crippen LogP contribution in [0.25, 0.3) is 0 Å². The molecule has 0 aliphatic carbocycles. The zero-order chi connectivity index (χ0) is 11.4. The van der Waals surface area contributed by atoms with Crippen LogP contribution in [0.3, 0.4) is 0 Å². The topological polar surface area (TPSA) is 199 Å². The van der Waals surface area contributed by atoms with Gasteiger partial charge in [-0.15, -0.1) is 0 Å². The van der Waals surface area contributed by atoms with Crippen molar-refractivity contribution < 1.29 is 72.3 Å². The number of hydrogen-bond acceptors (Lipinski definition) is 4. The predicted octanol–water partition coefficient (Wildman–Crippen LogP) is -3.24. The number of carboxylic acids is 2. The zero-order valence-electron chi connectivity index (χ0n) is 10.9. The molecule has 0 aromatic heterocycles. The molecule has 2 radical (unpaired) electrons. The molecular weight excluding hydrogens is 526 g/mol. The van der Waals surface area contributed by atoms with E-state index in [9.17, 15) is 0 Å². The first-order valence-corrected chi connectivity index (χ1v) is 3.33. The van der Waals surface area contributed by atoms with Crippen LogP contribution < -0.4 is 0 Å². The van der Waals surface area contributed by atoms with Gasteiger partial charge in [-0.1, -0.05) is 0 Å². The van der Waals surface area contributed by atoms with Gasteiger partial charge >= 0.3 is 27.3 Å². The minimum Gasteiger partial charge on any atom is 0 e. The third-order valence-electron chi connectivity index (χ3n) is 0.341. The van der Waals surface area contributed by atoms with Crippen molar-refractivity contribution in [3.63, 3.8) is 0 Å². The summed E-state index contributed by atoms with van der Waals surface area (Å²) < 4.78 is 4.31. The van der Waals surface area contributed by atoms with Gasteiger partial charge in [0.25, 0.3) is 11.9 Å². The van der Waals surface area contributed by atoms with E-state index < -0.39 is 18.2 Å². The number of aliphatic hydroxyl groups is 1. The van der Waals surface area contributed by atoms with Gasteiger partial charge in [-0.25, -0.2) is 0 Å². The van der Waals surface area contributed by atoms with Gasteiger partial charge in [-0.2, -0.15) is 0 Å². The smallest absolute Gasteiger partial charge is 0 e. The largest absolute Gasteiger partial charge is 0 e. The van der Waals surface area contributed by atoms with Crippen molar-refractivity contribution in [2.75, 3.05) is 7.11 Å². The maximum Gasteiger partial charge on any atom is 0 e. The van der Waals surface area contributed by atoms with Crippen LogP contribution in [-0.2, 0) is 40.5 Å². The van der Waals surface area contributed by atoms with E-state index in [1.165, 1.54) is 7.11 Å². The standard InChI is InChI=1S/C3H8O2.2C2H4O2.3H2O.Pb.Zr.2H/c1-3(4)5-2;2*1-2(3)4;;;;;;;/h3-4H,1-2H3;2*1H3,(H,3,4);3*1H2;;;;. The van der Waals surface area contributed by atoms with Gasteiger partial charge in [0.2, 0.25) is 0 Å². The molecule has 1 unspecified atom stereocenters. The molecule has 18 heavy (non-hydrogen) atoms. The van der Waals surface area contributed by atoms with Crippen LogP contribution in [0.15, 0.2) is 0 Å². The Balaban J connectivity index is -0.0000000123. The molecule has 0 spiro atoms. The second kappa shape index (κ2) is 43.2. The Labute approximate surface area is 145 Å². The van der Waals surface area contributed by atoms with Crippen molar-refractivity contribution in [3.05, 3.63) is 0 Å². The number of carbonyl (C=O) groups is 2. The molecule has 0 amide bonds. The molecule has 9 nitrogen and oxygen atoms in total. The molecule has 0 saturated heterocycles. The van der Waals surface area contributed by atoms with E-state index in [0.717, 1.165) is 13.8 Å². The minimum atomic E-state index is -0.833. The maximum atomic E-state index is 9.00. The summed E-state index contributed by atoms with van der Waals surface area (Å²) in [5, 5.41) is 23.0. The fraction of sp³-hybridized carbons (Fsp3) is 0.714. The summed E-state index contributed by atoms with van der Waals surface area (Å²) in [7, 11) is 1.45. The average Bonchev–Trinajstić information content (AvgIpc) is 1.84. The Hall–Kier alpha value is 0.545. The van der Waals surface area contributed by atoms with Crippen LogP contribution in [0.4, 0.5) is 0 Å². The molecule has 0 fully saturated rings. The summed E-state index contributed by atoms with van der Waals surface area (Å²) in [6, 6.07) is 0. The maximum absolute atomic E-state index is 9.00. The summed E-state index contributed by atoms with van der Waals surface area (Å²) in [5.74, 6) is -1.67. The summed E-state index contributed by atoms with van der Waals surface area (Å²) in [5.41, 5.74) is 0. The van der Waals surface area contributed by atoms with Crippen LogP contribution >= 0.6 is 0 Å². The van der Waals surface area contributed by atoms with E-state index in [4.69, 9.17) is 24.9 Å². The van der Waals surface area contributed by atoms with Crippen LogP contribution in [0.2, 0.25) is 0 Å². The van der Waals surface area contributed by atoms with Crippen LogP contribution in [-0.4, -0.2) is 84.4 Å². The van der Waals surface area contributed by atoms with Crippen molar-refractivity contribution in [2.24, 2.45) is 0 Å². The molecule has 0 heterocycles. The Morgan fingerprint density at radius 2 is 1.06 bits per heavy atom. The second-order valence-electron chi connectivity index (χ2n) is 1.87. The number of ether oxygens (including phenoxy) is 1. The average molecular weight is 551 g/mol. The van der Waals surface area contributed by atoms with E-state index in [1.807, 2.05) is 0 Å². The van der Waals surface area contributed by atoms with E-state index in [2.05, 4.69) is 4.74 Å². The molecule has 0 aromatic carbocycles. The molecule has 0 aromatic rings. The van der Waals surface area contributed by atoms with Crippen molar-refractivity contribution in [2.45, 2.75) is 27.1 Å². The molecule has 11 heteroatoms. The summed E-state index contributed by atoms with van der Waals surface area (Å²) >= 11 is 0. The minimum absolute atomic E-state index is 0. The van der Waals surface area contributed by atoms with E-state index in [-0.39, 0.29) is 69.9 Å². The normalized spacial score (nSPS) is 6.94. The Kier molecular flexibility index (Phi) is 123. The molecule has 0 aliphatic rings. The van der Waals surface area contributed by atoms with Crippen molar-refractivity contribution in [1.82, 2.24) is 0 Å². The van der Waals surface area contributed by atoms with Gasteiger partial charge in [0.05, 0.1) is 0 Å². The zero-order valence-corrected chi connectivity index (χ0v) is 18.8. The molecular formula is C7H24O9PbZr. The van der Waals surface area contributed by atoms with Crippen molar-refractivity contribution in [3.8, 4) is 0 Å². The first kappa shape index (κ1) is 51.3. The van der Waals surface area contributed by atoms with Crippen molar-refractivity contribution >= 4 is 39.2 Å². The third kappa shape index (κ3) is 617. The number of methoxy groups -OCH3 is 1. The number of aliphatic hydroxyl groups excluding tert-OH is 1. The fourth-order valence-electron chi connectivity index (χ4n) is 0. The van der Waals surface area contributed by atoms with E-state index in [0.29, 0.717) is 0 Å². The molecule has 1 atom stereocenters. The predicted molar refractivity (Wildman–Crippen MR) is 64.7 cm³/mol. The van der Waals surface area contributed by atoms with Gasteiger partial charge in [0.15, 0.2) is 6.29 Å². The number of carboxylic acid groups (broad SMARTS) is 2. The quantitative estimate of drug-likeness (QED) is 0.226. The third-order valence-corrected chi connectivity index (χ3v) is 0.341. The summed E-state index contributed by atoms with van der Waals surface area (Å²) in [6.45, 7) is 3.72. The Bertz CT molecular complexity index is 125. The summed E-state index contributed by atoms with van der Waals surface area (Å²) in [6.07, 6.45) is -0.616. The van der Waals surface area contributed by atoms with E-state index in [1.54, 1.807) is 6.92 Å². The van der Waals surface area contributed by atoms with E-state index >= 15 is 0 Å². The SMILES string of the molecule is CC(=O)O.CC(=O)O.COC(C)O.O.O.O.[PbH2].[Zr]. The molecule has 9 N–H and O–H groups in total. The van der Waals surface area contributed by atoms with Crippen molar-refractivity contribution in [1.29, 1.82) is 0 Å². The Morgan fingerprint density at radius 1 is 1.00 bits per heavy atom. The van der Waals surface area contributed by atoms with Gasteiger partial charge in [-0.05, 0) is 6.92 Å². The Morgan fingerprint density at radius 3 is 1.06 bits per heavy atom. The first-order valence-electron chi connectivity index (χ1n) is 3.33. The number of rotatable bonds is 1. The summed E-state index contributed by atoms with van der Waals surface area (Å²) in [4.78, 5) is 18.0. The number of aliphatic carboxylic acids is 2. The molecule has 114 valence electrons. The molecule has 0 aliphatic heterocycles. The van der Waals surface area contributed by atoms with Crippen LogP contribution in [0.1, 0.15) is 20.8 Å². The van der Waals surface area contributed by atoms with Gasteiger partial charge < -0.3 is 36.5 Å². The van der Waals surface area contributed by atoms with Crippen LogP contribution in [0, 0.1) is 0 Å². The second-order valence-corrected chi connectivity index (χ2v) is 1.87. The monoisotopic (exact) mass is 550 g/mol. The first-order chi connectivity index (χ1) is 5.73. The van der Waals surface area contributed by atoms with Gasteiger partial charge in [0.1, 0.15) is 0 Å². The van der Waals surface area contributed by atoms with Gasteiger partial charge in [0, 0.05) is 47.2 Å². The molecule has 0 rings (SSSR count). The van der Waals surface area contributed by atoms with Gasteiger partial charge in [-0.3, -0.25) is 9.59 Å². The molecule has 0 saturated carbocycles. The number of hydrogen-bond donors (Lipinski definition) is 3.